The molecule has 1 aliphatic rings. The Morgan fingerprint density at radius 2 is 2.05 bits per heavy atom. The van der Waals surface area contributed by atoms with Crippen LogP contribution in [-0.2, 0) is 6.42 Å². The average molecular weight is 261 g/mol. The number of nitrogens with one attached hydrogen (secondary N) is 1. The number of anilines is 1. The predicted molar refractivity (Wildman–Crippen MR) is 78.2 cm³/mol. The van der Waals surface area contributed by atoms with E-state index in [1.54, 1.807) is 0 Å². The van der Waals surface area contributed by atoms with Gasteiger partial charge >= 0.3 is 0 Å². The molecule has 0 spiro atoms. The van der Waals surface area contributed by atoms with Gasteiger partial charge in [0.25, 0.3) is 5.91 Å². The van der Waals surface area contributed by atoms with E-state index in [-0.39, 0.29) is 5.91 Å². The summed E-state index contributed by atoms with van der Waals surface area (Å²) in [7, 11) is 0. The summed E-state index contributed by atoms with van der Waals surface area (Å²) in [5.41, 5.74) is 8.38. The lowest BCUT2D eigenvalue weighted by molar-refractivity contribution is 0.0734. The van der Waals surface area contributed by atoms with Crippen LogP contribution in [0.2, 0.25) is 0 Å². The fraction of sp³-hybridized carbons (Fsp3) is 0.533. The van der Waals surface area contributed by atoms with Crippen LogP contribution >= 0.6 is 0 Å². The largest absolute Gasteiger partial charge is 0.399 e. The zero-order chi connectivity index (χ0) is 13.8. The maximum absolute atomic E-state index is 12.6. The summed E-state index contributed by atoms with van der Waals surface area (Å²) in [6, 6.07) is 5.69. The summed E-state index contributed by atoms with van der Waals surface area (Å²) in [5.74, 6) is 0.641. The number of piperazine rings is 1. The van der Waals surface area contributed by atoms with Crippen molar-refractivity contribution in [3.05, 3.63) is 29.3 Å². The molecule has 4 heteroatoms. The molecule has 4 nitrogen and oxygen atoms in total. The van der Waals surface area contributed by atoms with Crippen molar-refractivity contribution >= 4 is 11.6 Å². The van der Waals surface area contributed by atoms with E-state index in [1.807, 2.05) is 23.1 Å². The SMILES string of the molecule is CC(C)Cc1ccc(N)cc1C(=O)N1CCNCC1. The van der Waals surface area contributed by atoms with E-state index in [2.05, 4.69) is 19.2 Å². The van der Waals surface area contributed by atoms with Crippen LogP contribution in [0.15, 0.2) is 18.2 Å². The van der Waals surface area contributed by atoms with Crippen molar-refractivity contribution in [1.29, 1.82) is 0 Å². The zero-order valence-corrected chi connectivity index (χ0v) is 11.8. The molecule has 0 radical (unpaired) electrons. The fourth-order valence-corrected chi connectivity index (χ4v) is 2.45. The summed E-state index contributed by atoms with van der Waals surface area (Å²) >= 11 is 0. The Kier molecular flexibility index (Phi) is 4.43. The molecule has 0 saturated carbocycles. The average Bonchev–Trinajstić information content (AvgIpc) is 2.40. The highest BCUT2D eigenvalue weighted by atomic mass is 16.2. The number of benzene rings is 1. The molecular formula is C15H23N3O. The maximum atomic E-state index is 12.6. The van der Waals surface area contributed by atoms with Crippen molar-refractivity contribution in [3.8, 4) is 0 Å². The molecule has 2 rings (SSSR count). The molecule has 0 unspecified atom stereocenters. The first-order chi connectivity index (χ1) is 9.08. The molecule has 1 heterocycles. The molecule has 0 atom stereocenters. The van der Waals surface area contributed by atoms with Gasteiger partial charge in [-0.05, 0) is 30.0 Å². The highest BCUT2D eigenvalue weighted by Gasteiger charge is 2.20. The third kappa shape index (κ3) is 3.47. The lowest BCUT2D eigenvalue weighted by atomic mass is 9.96. The van der Waals surface area contributed by atoms with E-state index in [9.17, 15) is 4.79 Å². The van der Waals surface area contributed by atoms with Gasteiger partial charge in [-0.1, -0.05) is 19.9 Å². The van der Waals surface area contributed by atoms with Crippen molar-refractivity contribution in [2.24, 2.45) is 5.92 Å². The Labute approximate surface area is 115 Å². The predicted octanol–water partition coefficient (Wildman–Crippen LogP) is 1.51. The first-order valence-electron chi connectivity index (χ1n) is 6.96. The van der Waals surface area contributed by atoms with Gasteiger partial charge in [0, 0.05) is 37.4 Å². The second-order valence-corrected chi connectivity index (χ2v) is 5.56. The number of hydrogen-bond donors (Lipinski definition) is 2. The minimum absolute atomic E-state index is 0.115. The molecule has 0 bridgehead atoms. The Morgan fingerprint density at radius 3 is 2.68 bits per heavy atom. The van der Waals surface area contributed by atoms with Gasteiger partial charge in [0.1, 0.15) is 0 Å². The van der Waals surface area contributed by atoms with E-state index in [1.165, 1.54) is 0 Å². The van der Waals surface area contributed by atoms with Gasteiger partial charge in [0.05, 0.1) is 0 Å². The van der Waals surface area contributed by atoms with Crippen LogP contribution in [-0.4, -0.2) is 37.0 Å². The van der Waals surface area contributed by atoms with Crippen molar-refractivity contribution in [3.63, 3.8) is 0 Å². The quantitative estimate of drug-likeness (QED) is 0.811. The highest BCUT2D eigenvalue weighted by Crippen LogP contribution is 2.19. The number of amides is 1. The number of carbonyl (C=O) groups is 1. The van der Waals surface area contributed by atoms with Gasteiger partial charge in [-0.25, -0.2) is 0 Å². The lowest BCUT2D eigenvalue weighted by Crippen LogP contribution is -2.46. The summed E-state index contributed by atoms with van der Waals surface area (Å²) < 4.78 is 0. The Bertz CT molecular complexity index is 451. The highest BCUT2D eigenvalue weighted by molar-refractivity contribution is 5.96. The monoisotopic (exact) mass is 261 g/mol. The Balaban J connectivity index is 2.25. The molecule has 1 aromatic rings. The molecule has 0 aliphatic carbocycles. The Morgan fingerprint density at radius 1 is 1.37 bits per heavy atom. The topological polar surface area (TPSA) is 58.4 Å². The molecule has 19 heavy (non-hydrogen) atoms. The standard InChI is InChI=1S/C15H23N3O/c1-11(2)9-12-3-4-13(16)10-14(12)15(19)18-7-5-17-6-8-18/h3-4,10-11,17H,5-9,16H2,1-2H3. The smallest absolute Gasteiger partial charge is 0.254 e. The van der Waals surface area contributed by atoms with E-state index >= 15 is 0 Å². The van der Waals surface area contributed by atoms with Gasteiger partial charge in [-0.2, -0.15) is 0 Å². The van der Waals surface area contributed by atoms with Gasteiger partial charge in [0.2, 0.25) is 0 Å². The molecule has 1 amide bonds. The number of nitrogen functional groups attached to an aromatic ring is 1. The number of carbonyl (C=O) groups excluding carboxylic acids is 1. The van der Waals surface area contributed by atoms with Gasteiger partial charge in [-0.15, -0.1) is 0 Å². The normalized spacial score (nSPS) is 15.8. The van der Waals surface area contributed by atoms with E-state index in [4.69, 9.17) is 5.73 Å². The maximum Gasteiger partial charge on any atom is 0.254 e. The Hall–Kier alpha value is -1.55. The first kappa shape index (κ1) is 13.9. The summed E-state index contributed by atoms with van der Waals surface area (Å²) in [4.78, 5) is 14.5. The number of hydrogen-bond acceptors (Lipinski definition) is 3. The molecule has 104 valence electrons. The molecule has 1 fully saturated rings. The van der Waals surface area contributed by atoms with Crippen LogP contribution in [0.1, 0.15) is 29.8 Å². The van der Waals surface area contributed by atoms with Gasteiger partial charge in [-0.3, -0.25) is 4.79 Å². The number of nitrogens with zero attached hydrogens (tertiary/aromatic N) is 1. The molecule has 1 aliphatic heterocycles. The van der Waals surface area contributed by atoms with Crippen LogP contribution in [0.3, 0.4) is 0 Å². The van der Waals surface area contributed by atoms with Crippen molar-refractivity contribution in [2.75, 3.05) is 31.9 Å². The van der Waals surface area contributed by atoms with Gasteiger partial charge < -0.3 is 16.0 Å². The van der Waals surface area contributed by atoms with Crippen LogP contribution in [0, 0.1) is 5.92 Å². The van der Waals surface area contributed by atoms with E-state index < -0.39 is 0 Å². The molecular weight excluding hydrogens is 238 g/mol. The fourth-order valence-electron chi connectivity index (χ4n) is 2.45. The zero-order valence-electron chi connectivity index (χ0n) is 11.8. The van der Waals surface area contributed by atoms with Crippen LogP contribution in [0.25, 0.3) is 0 Å². The van der Waals surface area contributed by atoms with Crippen LogP contribution in [0.5, 0.6) is 0 Å². The van der Waals surface area contributed by atoms with Crippen molar-refractivity contribution in [1.82, 2.24) is 10.2 Å². The second kappa shape index (κ2) is 6.06. The second-order valence-electron chi connectivity index (χ2n) is 5.56. The van der Waals surface area contributed by atoms with Crippen molar-refractivity contribution in [2.45, 2.75) is 20.3 Å². The van der Waals surface area contributed by atoms with E-state index in [0.717, 1.165) is 43.7 Å². The van der Waals surface area contributed by atoms with Crippen LogP contribution in [0.4, 0.5) is 5.69 Å². The number of nitrogens with two attached hydrogens (primary N) is 1. The third-order valence-electron chi connectivity index (χ3n) is 3.40. The molecule has 3 N–H and O–H groups in total. The minimum Gasteiger partial charge on any atom is -0.399 e. The molecule has 1 saturated heterocycles. The van der Waals surface area contributed by atoms with Crippen molar-refractivity contribution < 1.29 is 4.79 Å². The summed E-state index contributed by atoms with van der Waals surface area (Å²) in [6.07, 6.45) is 0.910. The molecule has 1 aromatic carbocycles. The van der Waals surface area contributed by atoms with E-state index in [0.29, 0.717) is 11.6 Å². The van der Waals surface area contributed by atoms with Gasteiger partial charge in [0.15, 0.2) is 0 Å². The lowest BCUT2D eigenvalue weighted by Gasteiger charge is -2.28. The first-order valence-corrected chi connectivity index (χ1v) is 6.96. The summed E-state index contributed by atoms with van der Waals surface area (Å²) in [5, 5.41) is 3.26. The minimum atomic E-state index is 0.115. The third-order valence-corrected chi connectivity index (χ3v) is 3.40. The molecule has 0 aromatic heterocycles. The number of rotatable bonds is 3. The van der Waals surface area contributed by atoms with Crippen LogP contribution < -0.4 is 11.1 Å². The summed E-state index contributed by atoms with van der Waals surface area (Å²) in [6.45, 7) is 7.61.